The van der Waals surface area contributed by atoms with E-state index in [1.54, 1.807) is 7.11 Å². The fourth-order valence-electron chi connectivity index (χ4n) is 2.47. The fourth-order valence-corrected chi connectivity index (χ4v) is 2.81. The molecule has 1 heterocycles. The average molecular weight is 321 g/mol. The zero-order valence-electron chi connectivity index (χ0n) is 11.7. The maximum Gasteiger partial charge on any atom is 0.129 e. The lowest BCUT2D eigenvalue weighted by molar-refractivity contribution is 0.414. The Morgan fingerprint density at radius 1 is 1.19 bits per heavy atom. The van der Waals surface area contributed by atoms with Crippen LogP contribution in [0, 0.1) is 6.92 Å². The van der Waals surface area contributed by atoms with E-state index in [4.69, 9.17) is 27.9 Å². The molecule has 0 bridgehead atoms. The maximum absolute atomic E-state index is 6.06. The Morgan fingerprint density at radius 2 is 2.00 bits per heavy atom. The molecule has 3 rings (SSSR count). The zero-order chi connectivity index (χ0) is 15.0. The predicted molar refractivity (Wildman–Crippen MR) is 86.9 cm³/mol. The molecule has 108 valence electrons. The van der Waals surface area contributed by atoms with Crippen molar-refractivity contribution >= 4 is 34.2 Å². The van der Waals surface area contributed by atoms with Gasteiger partial charge in [-0.1, -0.05) is 11.6 Å². The van der Waals surface area contributed by atoms with E-state index in [0.29, 0.717) is 10.9 Å². The predicted octanol–water partition coefficient (Wildman–Crippen LogP) is 4.73. The van der Waals surface area contributed by atoms with Crippen molar-refractivity contribution in [2.75, 3.05) is 7.11 Å². The van der Waals surface area contributed by atoms with Crippen LogP contribution in [-0.4, -0.2) is 16.7 Å². The molecular weight excluding hydrogens is 307 g/mol. The van der Waals surface area contributed by atoms with E-state index >= 15 is 0 Å². The van der Waals surface area contributed by atoms with Gasteiger partial charge in [0.25, 0.3) is 0 Å². The van der Waals surface area contributed by atoms with E-state index in [1.807, 2.05) is 43.3 Å². The first-order chi connectivity index (χ1) is 10.1. The summed E-state index contributed by atoms with van der Waals surface area (Å²) in [6.45, 7) is 2.04. The average Bonchev–Trinajstić information content (AvgIpc) is 2.84. The number of fused-ring (bicyclic) bond motifs is 1. The van der Waals surface area contributed by atoms with Crippen LogP contribution in [0.3, 0.4) is 0 Å². The number of benzene rings is 2. The molecule has 0 fully saturated rings. The van der Waals surface area contributed by atoms with E-state index in [0.717, 1.165) is 33.9 Å². The first-order valence-electron chi connectivity index (χ1n) is 6.52. The van der Waals surface area contributed by atoms with Gasteiger partial charge in [0.05, 0.1) is 29.7 Å². The Morgan fingerprint density at radius 3 is 2.67 bits per heavy atom. The minimum absolute atomic E-state index is 0.331. The summed E-state index contributed by atoms with van der Waals surface area (Å²) in [5, 5.41) is 0.666. The first-order valence-corrected chi connectivity index (χ1v) is 7.43. The first kappa shape index (κ1) is 14.2. The van der Waals surface area contributed by atoms with Gasteiger partial charge in [-0.25, -0.2) is 4.98 Å². The molecule has 0 saturated heterocycles. The van der Waals surface area contributed by atoms with Crippen LogP contribution < -0.4 is 4.74 Å². The smallest absolute Gasteiger partial charge is 0.129 e. The number of halogens is 2. The van der Waals surface area contributed by atoms with Gasteiger partial charge in [0.15, 0.2) is 0 Å². The van der Waals surface area contributed by atoms with Crippen LogP contribution in [-0.2, 0) is 5.88 Å². The van der Waals surface area contributed by atoms with Crippen LogP contribution in [0.2, 0.25) is 5.02 Å². The van der Waals surface area contributed by atoms with Crippen LogP contribution in [0.5, 0.6) is 5.75 Å². The van der Waals surface area contributed by atoms with Crippen molar-refractivity contribution in [3.63, 3.8) is 0 Å². The molecule has 0 radical (unpaired) electrons. The van der Waals surface area contributed by atoms with Crippen LogP contribution in [0.1, 0.15) is 11.4 Å². The van der Waals surface area contributed by atoms with Crippen molar-refractivity contribution in [1.29, 1.82) is 0 Å². The van der Waals surface area contributed by atoms with Gasteiger partial charge < -0.3 is 4.74 Å². The van der Waals surface area contributed by atoms with Gasteiger partial charge in [-0.15, -0.1) is 11.6 Å². The normalized spacial score (nSPS) is 11.0. The Kier molecular flexibility index (Phi) is 3.79. The summed E-state index contributed by atoms with van der Waals surface area (Å²) in [6.07, 6.45) is 0. The van der Waals surface area contributed by atoms with E-state index in [9.17, 15) is 0 Å². The summed E-state index contributed by atoms with van der Waals surface area (Å²) >= 11 is 12.1. The molecule has 1 aromatic heterocycles. The maximum atomic E-state index is 6.06. The van der Waals surface area contributed by atoms with Crippen molar-refractivity contribution in [1.82, 2.24) is 9.55 Å². The van der Waals surface area contributed by atoms with Gasteiger partial charge in [-0.3, -0.25) is 4.57 Å². The third-order valence-electron chi connectivity index (χ3n) is 3.45. The molecule has 0 saturated carbocycles. The fraction of sp³-hybridized carbons (Fsp3) is 0.188. The largest absolute Gasteiger partial charge is 0.497 e. The molecule has 5 heteroatoms. The molecule has 0 aliphatic rings. The highest BCUT2D eigenvalue weighted by atomic mass is 35.5. The molecule has 2 aromatic carbocycles. The second-order valence-corrected chi connectivity index (χ2v) is 5.49. The van der Waals surface area contributed by atoms with E-state index < -0.39 is 0 Å². The van der Waals surface area contributed by atoms with Gasteiger partial charge in [-0.05, 0) is 48.9 Å². The minimum Gasteiger partial charge on any atom is -0.497 e. The second kappa shape index (κ2) is 5.58. The number of hydrogen-bond acceptors (Lipinski definition) is 2. The van der Waals surface area contributed by atoms with Crippen molar-refractivity contribution < 1.29 is 4.74 Å². The van der Waals surface area contributed by atoms with Crippen LogP contribution in [0.15, 0.2) is 36.4 Å². The highest BCUT2D eigenvalue weighted by Crippen LogP contribution is 2.28. The van der Waals surface area contributed by atoms with Gasteiger partial charge in [0.1, 0.15) is 11.6 Å². The Balaban J connectivity index is 2.28. The van der Waals surface area contributed by atoms with E-state index in [-0.39, 0.29) is 0 Å². The van der Waals surface area contributed by atoms with Crippen molar-refractivity contribution in [3.8, 4) is 11.4 Å². The molecule has 0 N–H and O–H groups in total. The second-order valence-electron chi connectivity index (χ2n) is 4.78. The molecular formula is C16H14Cl2N2O. The molecule has 0 amide bonds. The number of hydrogen-bond donors (Lipinski definition) is 0. The standard InChI is InChI=1S/C16H14Cl2N2O/c1-10-7-12(21-2)4-6-14(10)20-15-5-3-11(18)8-13(15)19-16(20)9-17/h3-8H,9H2,1-2H3. The van der Waals surface area contributed by atoms with Crippen molar-refractivity contribution in [3.05, 3.63) is 52.8 Å². The van der Waals surface area contributed by atoms with Crippen LogP contribution >= 0.6 is 23.2 Å². The van der Waals surface area contributed by atoms with Crippen LogP contribution in [0.4, 0.5) is 0 Å². The summed E-state index contributed by atoms with van der Waals surface area (Å²) < 4.78 is 7.32. The quantitative estimate of drug-likeness (QED) is 0.652. The lowest BCUT2D eigenvalue weighted by Gasteiger charge is -2.12. The molecule has 0 aliphatic carbocycles. The van der Waals surface area contributed by atoms with Gasteiger partial charge in [0, 0.05) is 5.02 Å². The Bertz CT molecular complexity index is 811. The van der Waals surface area contributed by atoms with E-state index in [2.05, 4.69) is 9.55 Å². The summed E-state index contributed by atoms with van der Waals surface area (Å²) in [6, 6.07) is 11.6. The number of nitrogens with zero attached hydrogens (tertiary/aromatic N) is 2. The minimum atomic E-state index is 0.331. The zero-order valence-corrected chi connectivity index (χ0v) is 13.2. The molecule has 0 spiro atoms. The molecule has 3 aromatic rings. The molecule has 21 heavy (non-hydrogen) atoms. The summed E-state index contributed by atoms with van der Waals surface area (Å²) in [4.78, 5) is 4.57. The SMILES string of the molecule is COc1ccc(-n2c(CCl)nc3cc(Cl)ccc32)c(C)c1. The van der Waals surface area contributed by atoms with Crippen molar-refractivity contribution in [2.24, 2.45) is 0 Å². The third-order valence-corrected chi connectivity index (χ3v) is 3.92. The number of aromatic nitrogens is 2. The highest BCUT2D eigenvalue weighted by Gasteiger charge is 2.14. The third kappa shape index (κ3) is 2.47. The topological polar surface area (TPSA) is 27.1 Å². The number of methoxy groups -OCH3 is 1. The molecule has 0 aliphatic heterocycles. The molecule has 0 atom stereocenters. The van der Waals surface area contributed by atoms with Crippen molar-refractivity contribution in [2.45, 2.75) is 12.8 Å². The van der Waals surface area contributed by atoms with Gasteiger partial charge in [-0.2, -0.15) is 0 Å². The number of imidazole rings is 1. The Hall–Kier alpha value is -1.71. The Labute approximate surface area is 133 Å². The monoisotopic (exact) mass is 320 g/mol. The van der Waals surface area contributed by atoms with Gasteiger partial charge in [0.2, 0.25) is 0 Å². The summed E-state index contributed by atoms with van der Waals surface area (Å²) in [7, 11) is 1.66. The summed E-state index contributed by atoms with van der Waals surface area (Å²) in [5.41, 5.74) is 3.96. The lowest BCUT2D eigenvalue weighted by Crippen LogP contribution is -2.01. The summed E-state index contributed by atoms with van der Waals surface area (Å²) in [5.74, 6) is 1.95. The van der Waals surface area contributed by atoms with Gasteiger partial charge >= 0.3 is 0 Å². The van der Waals surface area contributed by atoms with Crippen LogP contribution in [0.25, 0.3) is 16.7 Å². The van der Waals surface area contributed by atoms with E-state index in [1.165, 1.54) is 0 Å². The number of alkyl halides is 1. The number of rotatable bonds is 3. The lowest BCUT2D eigenvalue weighted by atomic mass is 10.2. The molecule has 3 nitrogen and oxygen atoms in total. The number of aryl methyl sites for hydroxylation is 1. The molecule has 0 unspecified atom stereocenters. The number of ether oxygens (including phenoxy) is 1. The highest BCUT2D eigenvalue weighted by molar-refractivity contribution is 6.31.